The highest BCUT2D eigenvalue weighted by atomic mass is 16.5. The van der Waals surface area contributed by atoms with E-state index >= 15 is 0 Å². The minimum Gasteiger partial charge on any atom is -0.426 e. The molecule has 0 saturated carbocycles. The maximum atomic E-state index is 12.9. The summed E-state index contributed by atoms with van der Waals surface area (Å²) < 4.78 is 5.20. The average Bonchev–Trinajstić information content (AvgIpc) is 2.87. The second-order valence-corrected chi connectivity index (χ2v) is 6.10. The number of ether oxygens (including phenoxy) is 1. The Hall–Kier alpha value is -3.34. The minimum absolute atomic E-state index is 0.151. The SMILES string of the molecule is CC(=O)Oc1cccc2c(=O)c3c4ccc(C)cc4c(=N)c(=O)c=3c12. The second-order valence-electron chi connectivity index (χ2n) is 6.10. The molecule has 0 amide bonds. The van der Waals surface area contributed by atoms with Crippen LogP contribution in [0.4, 0.5) is 0 Å². The number of fused-ring (bicyclic) bond motifs is 4. The van der Waals surface area contributed by atoms with Gasteiger partial charge in [0.2, 0.25) is 5.43 Å². The van der Waals surface area contributed by atoms with E-state index in [0.29, 0.717) is 21.5 Å². The smallest absolute Gasteiger partial charge is 0.308 e. The zero-order chi connectivity index (χ0) is 17.9. The van der Waals surface area contributed by atoms with Crippen LogP contribution >= 0.6 is 0 Å². The summed E-state index contributed by atoms with van der Waals surface area (Å²) >= 11 is 0. The van der Waals surface area contributed by atoms with Gasteiger partial charge in [-0.25, -0.2) is 0 Å². The number of carbonyl (C=O) groups is 1. The Labute approximate surface area is 141 Å². The Kier molecular flexibility index (Phi) is 3.09. The second kappa shape index (κ2) is 5.08. The Morgan fingerprint density at radius 3 is 2.44 bits per heavy atom. The van der Waals surface area contributed by atoms with Gasteiger partial charge in [0.1, 0.15) is 11.1 Å². The van der Waals surface area contributed by atoms with Crippen molar-refractivity contribution in [3.8, 4) is 5.75 Å². The van der Waals surface area contributed by atoms with E-state index < -0.39 is 11.4 Å². The molecule has 2 aromatic rings. The first kappa shape index (κ1) is 15.2. The summed E-state index contributed by atoms with van der Waals surface area (Å²) in [6, 6.07) is 10.1. The molecule has 0 heterocycles. The van der Waals surface area contributed by atoms with Crippen molar-refractivity contribution in [2.45, 2.75) is 13.8 Å². The summed E-state index contributed by atoms with van der Waals surface area (Å²) in [6.45, 7) is 3.13. The fraction of sp³-hybridized carbons (Fsp3) is 0.100. The van der Waals surface area contributed by atoms with Crippen LogP contribution < -0.4 is 21.0 Å². The van der Waals surface area contributed by atoms with Gasteiger partial charge in [-0.3, -0.25) is 19.8 Å². The van der Waals surface area contributed by atoms with Gasteiger partial charge in [-0.15, -0.1) is 0 Å². The highest BCUT2D eigenvalue weighted by Crippen LogP contribution is 2.27. The van der Waals surface area contributed by atoms with Crippen LogP contribution in [0.3, 0.4) is 0 Å². The van der Waals surface area contributed by atoms with E-state index in [4.69, 9.17) is 10.1 Å². The van der Waals surface area contributed by atoms with Crippen LogP contribution in [0.15, 0.2) is 46.0 Å². The fourth-order valence-electron chi connectivity index (χ4n) is 3.41. The Morgan fingerprint density at radius 2 is 1.72 bits per heavy atom. The Morgan fingerprint density at radius 1 is 0.960 bits per heavy atom. The van der Waals surface area contributed by atoms with Crippen molar-refractivity contribution in [1.82, 2.24) is 0 Å². The zero-order valence-electron chi connectivity index (χ0n) is 13.6. The summed E-state index contributed by atoms with van der Waals surface area (Å²) in [5, 5.41) is 10.2. The third-order valence-corrected chi connectivity index (χ3v) is 4.42. The molecule has 0 aromatic heterocycles. The number of aryl methyl sites for hydroxylation is 1. The Bertz CT molecular complexity index is 1410. The molecular formula is C20H13NO4. The number of esters is 1. The average molecular weight is 331 g/mol. The van der Waals surface area contributed by atoms with Crippen LogP contribution in [-0.4, -0.2) is 5.97 Å². The highest BCUT2D eigenvalue weighted by molar-refractivity contribution is 5.96. The van der Waals surface area contributed by atoms with Crippen LogP contribution in [0.25, 0.3) is 21.5 Å². The van der Waals surface area contributed by atoms with Crippen molar-refractivity contribution in [1.29, 1.82) is 5.41 Å². The maximum Gasteiger partial charge on any atom is 0.308 e. The lowest BCUT2D eigenvalue weighted by molar-refractivity contribution is -0.131. The number of hydrogen-bond acceptors (Lipinski definition) is 5. The quantitative estimate of drug-likeness (QED) is 0.427. The van der Waals surface area contributed by atoms with E-state index in [9.17, 15) is 14.4 Å². The molecule has 0 atom stereocenters. The van der Waals surface area contributed by atoms with Gasteiger partial charge in [0.25, 0.3) is 0 Å². The zero-order valence-corrected chi connectivity index (χ0v) is 13.6. The molecule has 0 spiro atoms. The largest absolute Gasteiger partial charge is 0.426 e. The molecule has 0 fully saturated rings. The van der Waals surface area contributed by atoms with Crippen LogP contribution in [0.2, 0.25) is 0 Å². The van der Waals surface area contributed by atoms with E-state index in [-0.39, 0.29) is 27.0 Å². The third-order valence-electron chi connectivity index (χ3n) is 4.42. The third kappa shape index (κ3) is 2.02. The van der Waals surface area contributed by atoms with Gasteiger partial charge >= 0.3 is 5.97 Å². The van der Waals surface area contributed by atoms with E-state index in [0.717, 1.165) is 5.56 Å². The lowest BCUT2D eigenvalue weighted by atomic mass is 10.0. The number of rotatable bonds is 1. The van der Waals surface area contributed by atoms with Crippen LogP contribution in [0.5, 0.6) is 5.75 Å². The predicted octanol–water partition coefficient (Wildman–Crippen LogP) is 2.03. The first-order valence-electron chi connectivity index (χ1n) is 7.75. The van der Waals surface area contributed by atoms with Crippen molar-refractivity contribution >= 4 is 27.5 Å². The van der Waals surface area contributed by atoms with Gasteiger partial charge in [-0.1, -0.05) is 29.8 Å². The van der Waals surface area contributed by atoms with Gasteiger partial charge in [0.15, 0.2) is 5.43 Å². The molecule has 4 rings (SSSR count). The minimum atomic E-state index is -0.538. The summed E-state index contributed by atoms with van der Waals surface area (Å²) in [6.07, 6.45) is 0. The molecular weight excluding hydrogens is 318 g/mol. The molecule has 0 saturated heterocycles. The molecule has 0 unspecified atom stereocenters. The summed E-state index contributed by atoms with van der Waals surface area (Å²) in [5.41, 5.74) is 0.0914. The number of carbonyl (C=O) groups excluding carboxylic acids is 1. The first-order valence-corrected chi connectivity index (χ1v) is 7.75. The summed E-state index contributed by atoms with van der Waals surface area (Å²) in [7, 11) is 0. The Balaban J connectivity index is 2.43. The molecule has 1 N–H and O–H groups in total. The predicted molar refractivity (Wildman–Crippen MR) is 93.6 cm³/mol. The molecule has 5 nitrogen and oxygen atoms in total. The number of benzene rings is 2. The monoisotopic (exact) mass is 331 g/mol. The normalized spacial score (nSPS) is 11.4. The van der Waals surface area contributed by atoms with Gasteiger partial charge in [0.05, 0.1) is 0 Å². The van der Waals surface area contributed by atoms with Gasteiger partial charge in [-0.05, 0) is 24.4 Å². The standard InChI is InChI=1S/C20H13NO4/c1-9-6-7-11-13(8-9)18(21)20(24)17-15-12(19(23)16(11)17)4-3-5-14(15)25-10(2)22/h3-8,21H,1-2H3. The van der Waals surface area contributed by atoms with Crippen molar-refractivity contribution in [2.24, 2.45) is 0 Å². The van der Waals surface area contributed by atoms with Gasteiger partial charge in [0, 0.05) is 33.5 Å². The van der Waals surface area contributed by atoms with E-state index in [2.05, 4.69) is 0 Å². The van der Waals surface area contributed by atoms with Crippen LogP contribution in [0.1, 0.15) is 12.5 Å². The molecule has 2 aliphatic rings. The number of hydrogen-bond donors (Lipinski definition) is 1. The molecule has 0 aliphatic heterocycles. The molecule has 0 bridgehead atoms. The fourth-order valence-corrected chi connectivity index (χ4v) is 3.41. The first-order chi connectivity index (χ1) is 11.9. The van der Waals surface area contributed by atoms with Crippen molar-refractivity contribution in [2.75, 3.05) is 0 Å². The van der Waals surface area contributed by atoms with Crippen molar-refractivity contribution < 1.29 is 9.53 Å². The number of nitrogens with one attached hydrogen (secondary N) is 1. The summed E-state index contributed by atoms with van der Waals surface area (Å²) in [4.78, 5) is 37.2. The maximum absolute atomic E-state index is 12.9. The van der Waals surface area contributed by atoms with E-state index in [1.807, 2.05) is 13.0 Å². The lowest BCUT2D eigenvalue weighted by Crippen LogP contribution is -2.26. The van der Waals surface area contributed by atoms with Gasteiger partial charge < -0.3 is 4.74 Å². The summed E-state index contributed by atoms with van der Waals surface area (Å²) in [5.74, 6) is -0.371. The highest BCUT2D eigenvalue weighted by Gasteiger charge is 2.18. The van der Waals surface area contributed by atoms with Crippen LogP contribution in [0, 0.1) is 22.8 Å². The molecule has 25 heavy (non-hydrogen) atoms. The van der Waals surface area contributed by atoms with Crippen LogP contribution in [-0.2, 0) is 4.79 Å². The molecule has 5 heteroatoms. The lowest BCUT2D eigenvalue weighted by Gasteiger charge is -2.03. The van der Waals surface area contributed by atoms with Crippen molar-refractivity contribution in [3.05, 3.63) is 78.2 Å². The molecule has 122 valence electrons. The molecule has 2 aromatic carbocycles. The molecule has 0 radical (unpaired) electrons. The topological polar surface area (TPSA) is 84.3 Å². The van der Waals surface area contributed by atoms with Crippen molar-refractivity contribution in [3.63, 3.8) is 0 Å². The van der Waals surface area contributed by atoms with E-state index in [1.54, 1.807) is 30.3 Å². The van der Waals surface area contributed by atoms with E-state index in [1.165, 1.54) is 6.92 Å². The molecule has 2 aliphatic carbocycles. The van der Waals surface area contributed by atoms with Gasteiger partial charge in [-0.2, -0.15) is 0 Å².